The number of hydrogen-bond donors (Lipinski definition) is 1. The molecule has 240 valence electrons. The van der Waals surface area contributed by atoms with E-state index in [1.54, 1.807) is 17.3 Å². The number of aromatic nitrogens is 3. The summed E-state index contributed by atoms with van der Waals surface area (Å²) in [5.41, 5.74) is 2.29. The first kappa shape index (κ1) is 31.3. The molecule has 0 aliphatic carbocycles. The Hall–Kier alpha value is -4.73. The van der Waals surface area contributed by atoms with Crippen molar-refractivity contribution in [1.29, 1.82) is 0 Å². The van der Waals surface area contributed by atoms with Crippen molar-refractivity contribution in [3.8, 4) is 22.9 Å². The first-order valence-corrected chi connectivity index (χ1v) is 15.9. The van der Waals surface area contributed by atoms with Crippen molar-refractivity contribution >= 4 is 34.4 Å². The lowest BCUT2D eigenvalue weighted by molar-refractivity contribution is -0.123. The zero-order chi connectivity index (χ0) is 32.6. The molecule has 4 heterocycles. The van der Waals surface area contributed by atoms with Gasteiger partial charge in [-0.25, -0.2) is 19.7 Å². The van der Waals surface area contributed by atoms with E-state index in [4.69, 9.17) is 14.5 Å². The van der Waals surface area contributed by atoms with Crippen molar-refractivity contribution in [2.24, 2.45) is 5.41 Å². The normalized spacial score (nSPS) is 18.1. The van der Waals surface area contributed by atoms with Gasteiger partial charge in [0, 0.05) is 54.3 Å². The molecule has 2 fully saturated rings. The summed E-state index contributed by atoms with van der Waals surface area (Å²) < 4.78 is 12.2. The molecule has 2 aliphatic heterocycles. The number of nitrogens with one attached hydrogen (secondary N) is 1. The Kier molecular flexibility index (Phi) is 8.31. The molecule has 10 nitrogen and oxygen atoms in total. The second kappa shape index (κ2) is 12.2. The third-order valence-corrected chi connectivity index (χ3v) is 8.57. The van der Waals surface area contributed by atoms with Crippen LogP contribution in [-0.2, 0) is 9.53 Å². The van der Waals surface area contributed by atoms with Gasteiger partial charge in [0.25, 0.3) is 0 Å². The topological polar surface area (TPSA) is 110 Å². The molecular formula is C36H42N6O4. The lowest BCUT2D eigenvalue weighted by Gasteiger charge is -2.34. The number of piperidine rings is 1. The van der Waals surface area contributed by atoms with Crippen LogP contribution in [0.25, 0.3) is 22.0 Å². The minimum absolute atomic E-state index is 0.0123. The molecule has 6 rings (SSSR count). The summed E-state index contributed by atoms with van der Waals surface area (Å²) in [5, 5.41) is 5.28. The van der Waals surface area contributed by atoms with Crippen LogP contribution in [0.15, 0.2) is 60.9 Å². The fraction of sp³-hybridized carbons (Fsp3) is 0.417. The van der Waals surface area contributed by atoms with Crippen LogP contribution in [0.2, 0.25) is 0 Å². The van der Waals surface area contributed by atoms with Gasteiger partial charge in [0.15, 0.2) is 0 Å². The molecule has 2 aromatic carbocycles. The molecular weight excluding hydrogens is 580 g/mol. The number of nitrogens with zero attached hydrogens (tertiary/aromatic N) is 5. The second-order valence-corrected chi connectivity index (χ2v) is 13.8. The summed E-state index contributed by atoms with van der Waals surface area (Å²) >= 11 is 0. The number of pyridine rings is 1. The predicted molar refractivity (Wildman–Crippen MR) is 179 cm³/mol. The second-order valence-electron chi connectivity index (χ2n) is 13.8. The monoisotopic (exact) mass is 622 g/mol. The number of benzene rings is 2. The zero-order valence-corrected chi connectivity index (χ0v) is 27.5. The summed E-state index contributed by atoms with van der Waals surface area (Å²) in [7, 11) is 0. The maximum absolute atomic E-state index is 13.2. The van der Waals surface area contributed by atoms with Gasteiger partial charge in [-0.15, -0.1) is 0 Å². The van der Waals surface area contributed by atoms with Crippen LogP contribution >= 0.6 is 0 Å². The van der Waals surface area contributed by atoms with Gasteiger partial charge in [-0.1, -0.05) is 38.1 Å². The molecule has 4 aromatic rings. The number of carbonyl (C=O) groups is 2. The van der Waals surface area contributed by atoms with Crippen molar-refractivity contribution in [2.75, 3.05) is 29.9 Å². The van der Waals surface area contributed by atoms with Gasteiger partial charge >= 0.3 is 6.09 Å². The summed E-state index contributed by atoms with van der Waals surface area (Å²) in [6.45, 7) is 13.5. The molecule has 0 radical (unpaired) electrons. The van der Waals surface area contributed by atoms with E-state index in [2.05, 4.69) is 21.4 Å². The highest BCUT2D eigenvalue weighted by atomic mass is 16.6. The van der Waals surface area contributed by atoms with Gasteiger partial charge in [0.1, 0.15) is 11.4 Å². The van der Waals surface area contributed by atoms with Crippen molar-refractivity contribution in [3.63, 3.8) is 0 Å². The summed E-state index contributed by atoms with van der Waals surface area (Å²) in [6.07, 6.45) is 5.65. The smallest absolute Gasteiger partial charge is 0.410 e. The van der Waals surface area contributed by atoms with Crippen molar-refractivity contribution < 1.29 is 19.1 Å². The minimum atomic E-state index is -0.546. The zero-order valence-electron chi connectivity index (χ0n) is 27.5. The third-order valence-electron chi connectivity index (χ3n) is 8.57. The Morgan fingerprint density at radius 3 is 2.59 bits per heavy atom. The quantitative estimate of drug-likeness (QED) is 0.237. The number of rotatable bonds is 6. The van der Waals surface area contributed by atoms with Crippen LogP contribution in [0, 0.1) is 12.3 Å². The van der Waals surface area contributed by atoms with Gasteiger partial charge in [-0.3, -0.25) is 4.79 Å². The van der Waals surface area contributed by atoms with E-state index in [0.29, 0.717) is 42.9 Å². The molecule has 1 atom stereocenters. The molecule has 0 saturated carbocycles. The highest BCUT2D eigenvalue weighted by Gasteiger charge is 2.39. The highest BCUT2D eigenvalue weighted by molar-refractivity contribution is 6.08. The predicted octanol–water partition coefficient (Wildman–Crippen LogP) is 7.37. The average Bonchev–Trinajstić information content (AvgIpc) is 3.29. The summed E-state index contributed by atoms with van der Waals surface area (Å²) in [5.74, 6) is 1.70. The maximum Gasteiger partial charge on any atom is 0.410 e. The van der Waals surface area contributed by atoms with Gasteiger partial charge in [0.2, 0.25) is 17.7 Å². The number of ether oxygens (including phenoxy) is 2. The fourth-order valence-corrected chi connectivity index (χ4v) is 6.10. The number of amides is 2. The molecule has 2 aliphatic rings. The fourth-order valence-electron chi connectivity index (χ4n) is 6.10. The molecule has 10 heteroatoms. The Labute approximate surface area is 270 Å². The summed E-state index contributed by atoms with van der Waals surface area (Å²) in [6, 6.07) is 15.7. The molecule has 0 unspecified atom stereocenters. The number of aryl methyl sites for hydroxylation is 1. The van der Waals surface area contributed by atoms with E-state index in [1.807, 2.05) is 88.9 Å². The lowest BCUT2D eigenvalue weighted by atomic mass is 9.92. The molecule has 0 bridgehead atoms. The van der Waals surface area contributed by atoms with Gasteiger partial charge in [0.05, 0.1) is 16.9 Å². The SMILES string of the molecule is Cc1ccc2c(N3CCC(C)(C)C3=O)cccc2c1Oc1ncccc1-c1ccnc(N[C@H]2CCCN(C(=O)OC(C)(C)C)C2)n1. The lowest BCUT2D eigenvalue weighted by Crippen LogP contribution is -2.47. The molecule has 2 amide bonds. The minimum Gasteiger partial charge on any atom is -0.444 e. The van der Waals surface area contributed by atoms with Gasteiger partial charge in [-0.05, 0) is 76.8 Å². The van der Waals surface area contributed by atoms with Gasteiger partial charge < -0.3 is 24.6 Å². The average molecular weight is 623 g/mol. The van der Waals surface area contributed by atoms with Crippen LogP contribution < -0.4 is 15.0 Å². The molecule has 1 N–H and O–H groups in total. The van der Waals surface area contributed by atoms with Crippen LogP contribution in [0.1, 0.15) is 59.4 Å². The first-order valence-electron chi connectivity index (χ1n) is 15.9. The van der Waals surface area contributed by atoms with E-state index >= 15 is 0 Å². The Balaban J connectivity index is 1.26. The third kappa shape index (κ3) is 6.47. The summed E-state index contributed by atoms with van der Waals surface area (Å²) in [4.78, 5) is 43.4. The van der Waals surface area contributed by atoms with Gasteiger partial charge in [-0.2, -0.15) is 0 Å². The van der Waals surface area contributed by atoms with Crippen molar-refractivity contribution in [2.45, 2.75) is 72.4 Å². The number of carbonyl (C=O) groups excluding carboxylic acids is 2. The largest absolute Gasteiger partial charge is 0.444 e. The number of hydrogen-bond acceptors (Lipinski definition) is 8. The van der Waals surface area contributed by atoms with Crippen molar-refractivity contribution in [1.82, 2.24) is 19.9 Å². The first-order chi connectivity index (χ1) is 21.9. The van der Waals surface area contributed by atoms with E-state index in [0.717, 1.165) is 46.8 Å². The van der Waals surface area contributed by atoms with E-state index < -0.39 is 5.60 Å². The van der Waals surface area contributed by atoms with E-state index in [1.165, 1.54) is 0 Å². The van der Waals surface area contributed by atoms with Crippen LogP contribution in [0.3, 0.4) is 0 Å². The standard InChI is InChI=1S/C36H42N6O4/c1-23-14-15-25-26(11-7-13-29(25)42-21-17-36(5,6)32(42)43)30(23)45-31-27(12-8-18-37-31)28-16-19-38-33(40-28)39-24-10-9-20-41(22-24)34(44)46-35(2,3)4/h7-8,11-16,18-19,24H,9-10,17,20-22H2,1-6H3,(H,38,39,40)/t24-/m0/s1. The van der Waals surface area contributed by atoms with E-state index in [-0.39, 0.29) is 23.5 Å². The molecule has 2 saturated heterocycles. The highest BCUT2D eigenvalue weighted by Crippen LogP contribution is 2.42. The molecule has 46 heavy (non-hydrogen) atoms. The Morgan fingerprint density at radius 2 is 1.83 bits per heavy atom. The number of anilines is 2. The maximum atomic E-state index is 13.2. The molecule has 0 spiro atoms. The van der Waals surface area contributed by atoms with Crippen LogP contribution in [-0.4, -0.2) is 63.1 Å². The van der Waals surface area contributed by atoms with Crippen LogP contribution in [0.4, 0.5) is 16.4 Å². The Bertz CT molecular complexity index is 1780. The molecule has 2 aromatic heterocycles. The van der Waals surface area contributed by atoms with E-state index in [9.17, 15) is 9.59 Å². The van der Waals surface area contributed by atoms with Crippen LogP contribution in [0.5, 0.6) is 11.6 Å². The Morgan fingerprint density at radius 1 is 1.00 bits per heavy atom. The number of fused-ring (bicyclic) bond motifs is 1. The van der Waals surface area contributed by atoms with Crippen molar-refractivity contribution in [3.05, 3.63) is 66.5 Å². The number of likely N-dealkylation sites (tertiary alicyclic amines) is 1.